The van der Waals surface area contributed by atoms with Gasteiger partial charge in [0, 0.05) is 24.2 Å². The van der Waals surface area contributed by atoms with Gasteiger partial charge in [0.15, 0.2) is 0 Å². The lowest BCUT2D eigenvalue weighted by molar-refractivity contribution is -0.0362. The third-order valence-electron chi connectivity index (χ3n) is 5.41. The number of amides is 1. The van der Waals surface area contributed by atoms with Gasteiger partial charge in [-0.25, -0.2) is 9.59 Å². The molecule has 3 atom stereocenters. The van der Waals surface area contributed by atoms with E-state index in [-0.39, 0.29) is 18.3 Å². The number of rotatable bonds is 7. The smallest absolute Gasteiger partial charge is 0.351 e. The van der Waals surface area contributed by atoms with Gasteiger partial charge in [0.2, 0.25) is 0 Å². The SMILES string of the molecule is COc1ccc(C(=O)OC[C@H]2O[C@@H](n3ccc(NC(=O)c4ccccc4)nc3=O)C[C@@H]2N)cc1. The van der Waals surface area contributed by atoms with Crippen molar-refractivity contribution in [2.75, 3.05) is 19.0 Å². The van der Waals surface area contributed by atoms with Crippen molar-refractivity contribution in [2.45, 2.75) is 24.8 Å². The molecule has 3 N–H and O–H groups in total. The van der Waals surface area contributed by atoms with E-state index in [9.17, 15) is 14.4 Å². The number of nitrogens with zero attached hydrogens (tertiary/aromatic N) is 2. The molecule has 0 unspecified atom stereocenters. The first-order chi connectivity index (χ1) is 16.4. The molecule has 0 saturated carbocycles. The van der Waals surface area contributed by atoms with Crippen LogP contribution in [0, 0.1) is 0 Å². The number of methoxy groups -OCH3 is 1. The van der Waals surface area contributed by atoms with Crippen molar-refractivity contribution < 1.29 is 23.8 Å². The molecule has 1 saturated heterocycles. The Morgan fingerprint density at radius 1 is 1.12 bits per heavy atom. The Kier molecular flexibility index (Phi) is 7.00. The van der Waals surface area contributed by atoms with Crippen LogP contribution in [0.15, 0.2) is 71.7 Å². The van der Waals surface area contributed by atoms with Crippen molar-refractivity contribution in [3.05, 3.63) is 88.5 Å². The Morgan fingerprint density at radius 3 is 2.53 bits per heavy atom. The molecular weight excluding hydrogens is 440 g/mol. The van der Waals surface area contributed by atoms with Crippen molar-refractivity contribution in [2.24, 2.45) is 5.73 Å². The molecule has 1 aromatic heterocycles. The van der Waals surface area contributed by atoms with Crippen molar-refractivity contribution in [3.8, 4) is 5.75 Å². The fourth-order valence-electron chi connectivity index (χ4n) is 3.53. The summed E-state index contributed by atoms with van der Waals surface area (Å²) in [6.45, 7) is -0.0596. The first-order valence-corrected chi connectivity index (χ1v) is 10.6. The van der Waals surface area contributed by atoms with Gasteiger partial charge < -0.3 is 25.3 Å². The number of carbonyl (C=O) groups is 2. The summed E-state index contributed by atoms with van der Waals surface area (Å²) < 4.78 is 17.6. The zero-order valence-electron chi connectivity index (χ0n) is 18.4. The topological polar surface area (TPSA) is 135 Å². The van der Waals surface area contributed by atoms with Crippen LogP contribution in [0.2, 0.25) is 0 Å². The standard InChI is InChI=1S/C24H24N4O6/c1-32-17-9-7-16(8-10-17)23(30)33-14-19-18(25)13-21(34-19)28-12-11-20(27-24(28)31)26-22(29)15-5-3-2-4-6-15/h2-12,18-19,21H,13-14,25H2,1H3,(H,26,27,29,31)/t18-,19+,21+/m0/s1. The molecule has 0 radical (unpaired) electrons. The predicted molar refractivity (Wildman–Crippen MR) is 123 cm³/mol. The van der Waals surface area contributed by atoms with E-state index in [0.717, 1.165) is 0 Å². The van der Waals surface area contributed by atoms with Gasteiger partial charge >= 0.3 is 11.7 Å². The molecule has 0 spiro atoms. The Labute approximate surface area is 195 Å². The van der Waals surface area contributed by atoms with Crippen LogP contribution in [-0.4, -0.2) is 47.3 Å². The second-order valence-electron chi connectivity index (χ2n) is 7.68. The van der Waals surface area contributed by atoms with Crippen molar-refractivity contribution >= 4 is 17.7 Å². The van der Waals surface area contributed by atoms with Gasteiger partial charge in [0.05, 0.1) is 12.7 Å². The minimum atomic E-state index is -0.668. The molecule has 1 amide bonds. The maximum absolute atomic E-state index is 12.5. The van der Waals surface area contributed by atoms with E-state index < -0.39 is 30.0 Å². The molecule has 176 valence electrons. The number of nitrogens with one attached hydrogen (secondary N) is 1. The molecule has 2 heterocycles. The molecule has 34 heavy (non-hydrogen) atoms. The zero-order valence-corrected chi connectivity index (χ0v) is 18.4. The highest BCUT2D eigenvalue weighted by Crippen LogP contribution is 2.27. The Balaban J connectivity index is 1.35. The largest absolute Gasteiger partial charge is 0.497 e. The van der Waals surface area contributed by atoms with Crippen LogP contribution in [-0.2, 0) is 9.47 Å². The fraction of sp³-hybridized carbons (Fsp3) is 0.250. The molecule has 1 aliphatic rings. The average molecular weight is 464 g/mol. The van der Waals surface area contributed by atoms with E-state index in [4.69, 9.17) is 19.9 Å². The Morgan fingerprint density at radius 2 is 1.85 bits per heavy atom. The van der Waals surface area contributed by atoms with E-state index in [1.165, 1.54) is 23.9 Å². The summed E-state index contributed by atoms with van der Waals surface area (Å²) in [5, 5.41) is 2.60. The first-order valence-electron chi connectivity index (χ1n) is 10.6. The minimum Gasteiger partial charge on any atom is -0.497 e. The molecule has 3 aromatic rings. The van der Waals surface area contributed by atoms with Gasteiger partial charge in [-0.05, 0) is 42.5 Å². The molecule has 10 heteroatoms. The number of hydrogen-bond acceptors (Lipinski definition) is 8. The summed E-state index contributed by atoms with van der Waals surface area (Å²) >= 11 is 0. The van der Waals surface area contributed by atoms with Crippen molar-refractivity contribution in [3.63, 3.8) is 0 Å². The maximum Gasteiger partial charge on any atom is 0.351 e. The molecule has 0 aliphatic carbocycles. The summed E-state index contributed by atoms with van der Waals surface area (Å²) in [7, 11) is 1.54. The zero-order chi connectivity index (χ0) is 24.1. The van der Waals surface area contributed by atoms with Crippen LogP contribution in [0.1, 0.15) is 33.4 Å². The molecular formula is C24H24N4O6. The van der Waals surface area contributed by atoms with E-state index in [1.807, 2.05) is 0 Å². The molecule has 0 bridgehead atoms. The van der Waals surface area contributed by atoms with Gasteiger partial charge in [-0.3, -0.25) is 9.36 Å². The van der Waals surface area contributed by atoms with E-state index >= 15 is 0 Å². The van der Waals surface area contributed by atoms with Gasteiger partial charge in [-0.1, -0.05) is 18.2 Å². The van der Waals surface area contributed by atoms with Crippen LogP contribution in [0.3, 0.4) is 0 Å². The van der Waals surface area contributed by atoms with E-state index in [0.29, 0.717) is 23.3 Å². The van der Waals surface area contributed by atoms with E-state index in [2.05, 4.69) is 10.3 Å². The average Bonchev–Trinajstić information content (AvgIpc) is 3.23. The van der Waals surface area contributed by atoms with Gasteiger partial charge in [0.25, 0.3) is 5.91 Å². The summed E-state index contributed by atoms with van der Waals surface area (Å²) in [6, 6.07) is 16.2. The predicted octanol–water partition coefficient (Wildman–Crippen LogP) is 1.98. The first kappa shape index (κ1) is 23.1. The summed E-state index contributed by atoms with van der Waals surface area (Å²) in [5.74, 6) is -0.130. The Bertz CT molecular complexity index is 1210. The molecule has 1 aliphatic heterocycles. The number of nitrogens with two attached hydrogens (primary N) is 1. The van der Waals surface area contributed by atoms with Gasteiger partial charge in [-0.2, -0.15) is 4.98 Å². The molecule has 1 fully saturated rings. The monoisotopic (exact) mass is 464 g/mol. The lowest BCUT2D eigenvalue weighted by Crippen LogP contribution is -2.34. The Hall–Kier alpha value is -4.02. The summed E-state index contributed by atoms with van der Waals surface area (Å²) in [5.41, 5.74) is 6.38. The third-order valence-corrected chi connectivity index (χ3v) is 5.41. The number of aromatic nitrogens is 2. The second kappa shape index (κ2) is 10.3. The normalized spacial score (nSPS) is 19.4. The fourth-order valence-corrected chi connectivity index (χ4v) is 3.53. The van der Waals surface area contributed by atoms with Crippen LogP contribution in [0.25, 0.3) is 0 Å². The highest BCUT2D eigenvalue weighted by Gasteiger charge is 2.35. The number of anilines is 1. The highest BCUT2D eigenvalue weighted by molar-refractivity contribution is 6.03. The van der Waals surface area contributed by atoms with Crippen LogP contribution in [0.4, 0.5) is 5.82 Å². The quantitative estimate of drug-likeness (QED) is 0.507. The van der Waals surface area contributed by atoms with Gasteiger partial charge in [-0.15, -0.1) is 0 Å². The lowest BCUT2D eigenvalue weighted by atomic mass is 10.1. The van der Waals surface area contributed by atoms with E-state index in [1.54, 1.807) is 54.6 Å². The molecule has 4 rings (SSSR count). The third kappa shape index (κ3) is 5.30. The number of hydrogen-bond donors (Lipinski definition) is 2. The molecule has 10 nitrogen and oxygen atoms in total. The maximum atomic E-state index is 12.5. The van der Waals surface area contributed by atoms with Crippen LogP contribution in [0.5, 0.6) is 5.75 Å². The van der Waals surface area contributed by atoms with Crippen LogP contribution < -0.4 is 21.5 Å². The minimum absolute atomic E-state index is 0.0596. The van der Waals surface area contributed by atoms with Crippen LogP contribution >= 0.6 is 0 Å². The molecule has 2 aromatic carbocycles. The lowest BCUT2D eigenvalue weighted by Gasteiger charge is -2.17. The number of ether oxygens (including phenoxy) is 3. The summed E-state index contributed by atoms with van der Waals surface area (Å²) in [6.07, 6.45) is 0.566. The van der Waals surface area contributed by atoms with Gasteiger partial charge in [0.1, 0.15) is 30.5 Å². The van der Waals surface area contributed by atoms with Crippen molar-refractivity contribution in [1.82, 2.24) is 9.55 Å². The second-order valence-corrected chi connectivity index (χ2v) is 7.68. The number of benzene rings is 2. The highest BCUT2D eigenvalue weighted by atomic mass is 16.6. The number of esters is 1. The summed E-state index contributed by atoms with van der Waals surface area (Å²) in [4.78, 5) is 41.0. The number of carbonyl (C=O) groups excluding carboxylic acids is 2. The van der Waals surface area contributed by atoms with Crippen molar-refractivity contribution in [1.29, 1.82) is 0 Å².